The van der Waals surface area contributed by atoms with E-state index in [0.29, 0.717) is 0 Å². The third kappa shape index (κ3) is 2.89. The third-order valence-electron chi connectivity index (χ3n) is 1.94. The van der Waals surface area contributed by atoms with Gasteiger partial charge in [-0.15, -0.1) is 0 Å². The zero-order valence-electron chi connectivity index (χ0n) is 8.41. The molecule has 0 unspecified atom stereocenters. The van der Waals surface area contributed by atoms with Crippen molar-refractivity contribution in [2.75, 3.05) is 0 Å². The van der Waals surface area contributed by atoms with E-state index in [0.717, 1.165) is 0 Å². The number of aromatic nitrogens is 2. The van der Waals surface area contributed by atoms with Gasteiger partial charge in [-0.1, -0.05) is 13.8 Å². The van der Waals surface area contributed by atoms with Crippen LogP contribution in [0.1, 0.15) is 13.8 Å². The number of nitrogens with one attached hydrogen (secondary N) is 1. The van der Waals surface area contributed by atoms with Crippen LogP contribution in [0, 0.1) is 5.92 Å². The first-order valence-electron chi connectivity index (χ1n) is 4.43. The Hall–Kier alpha value is -1.17. The largest absolute Gasteiger partial charge is 0.328 e. The third-order valence-corrected chi connectivity index (χ3v) is 2.50. The molecule has 0 aliphatic rings. The molecule has 0 aromatic carbocycles. The van der Waals surface area contributed by atoms with Crippen molar-refractivity contribution in [2.45, 2.75) is 20.4 Å². The SMILES string of the molecule is CC(C)C(=O)Cn1cc(Br)c(=O)[nH]c1=O. The average Bonchev–Trinajstić information content (AvgIpc) is 2.13. The molecule has 15 heavy (non-hydrogen) atoms. The Morgan fingerprint density at radius 3 is 2.67 bits per heavy atom. The zero-order valence-corrected chi connectivity index (χ0v) is 10.00. The molecule has 0 aliphatic carbocycles. The number of hydrogen-bond donors (Lipinski definition) is 1. The summed E-state index contributed by atoms with van der Waals surface area (Å²) in [5.74, 6) is -0.196. The monoisotopic (exact) mass is 274 g/mol. The Kier molecular flexibility index (Phi) is 3.62. The molecular weight excluding hydrogens is 264 g/mol. The van der Waals surface area contributed by atoms with Crippen molar-refractivity contribution >= 4 is 21.7 Å². The number of halogens is 1. The van der Waals surface area contributed by atoms with E-state index < -0.39 is 11.2 Å². The minimum Gasteiger partial charge on any atom is -0.297 e. The number of carbonyl (C=O) groups excluding carboxylic acids is 1. The Morgan fingerprint density at radius 1 is 1.53 bits per heavy atom. The summed E-state index contributed by atoms with van der Waals surface area (Å²) in [6, 6.07) is 0. The molecule has 0 radical (unpaired) electrons. The molecule has 1 aromatic rings. The molecule has 5 nitrogen and oxygen atoms in total. The maximum atomic E-state index is 11.4. The first-order chi connectivity index (χ1) is 6.91. The number of ketones is 1. The fourth-order valence-corrected chi connectivity index (χ4v) is 1.30. The lowest BCUT2D eigenvalue weighted by Gasteiger charge is -2.06. The highest BCUT2D eigenvalue weighted by Gasteiger charge is 2.10. The normalized spacial score (nSPS) is 10.7. The molecule has 1 rings (SSSR count). The van der Waals surface area contributed by atoms with Crippen LogP contribution in [0.5, 0.6) is 0 Å². The fourth-order valence-electron chi connectivity index (χ4n) is 0.951. The van der Waals surface area contributed by atoms with Gasteiger partial charge in [0.2, 0.25) is 0 Å². The maximum absolute atomic E-state index is 11.4. The van der Waals surface area contributed by atoms with Crippen LogP contribution >= 0.6 is 15.9 Å². The highest BCUT2D eigenvalue weighted by Crippen LogP contribution is 2.00. The van der Waals surface area contributed by atoms with E-state index in [1.807, 2.05) is 0 Å². The number of carbonyl (C=O) groups is 1. The molecule has 0 amide bonds. The van der Waals surface area contributed by atoms with Crippen molar-refractivity contribution < 1.29 is 4.79 Å². The molecule has 6 heteroatoms. The van der Waals surface area contributed by atoms with E-state index in [4.69, 9.17) is 0 Å². The minimum absolute atomic E-state index is 0.0219. The summed E-state index contributed by atoms with van der Waals surface area (Å²) in [7, 11) is 0. The van der Waals surface area contributed by atoms with Gasteiger partial charge in [0.25, 0.3) is 5.56 Å². The molecule has 0 atom stereocenters. The second kappa shape index (κ2) is 4.57. The molecule has 0 spiro atoms. The molecule has 0 bridgehead atoms. The highest BCUT2D eigenvalue weighted by atomic mass is 79.9. The summed E-state index contributed by atoms with van der Waals surface area (Å²) < 4.78 is 1.41. The lowest BCUT2D eigenvalue weighted by molar-refractivity contribution is -0.122. The molecule has 1 heterocycles. The van der Waals surface area contributed by atoms with Crippen molar-refractivity contribution in [2.24, 2.45) is 5.92 Å². The average molecular weight is 275 g/mol. The number of aromatic amines is 1. The van der Waals surface area contributed by atoms with Crippen LogP contribution < -0.4 is 11.2 Å². The van der Waals surface area contributed by atoms with Crippen LogP contribution in [-0.2, 0) is 11.3 Å². The van der Waals surface area contributed by atoms with Crippen LogP contribution in [0.3, 0.4) is 0 Å². The number of nitrogens with zero attached hydrogens (tertiary/aromatic N) is 1. The first-order valence-corrected chi connectivity index (χ1v) is 5.23. The first kappa shape index (κ1) is 11.9. The van der Waals surface area contributed by atoms with E-state index in [1.54, 1.807) is 13.8 Å². The van der Waals surface area contributed by atoms with E-state index in [1.165, 1.54) is 10.8 Å². The van der Waals surface area contributed by atoms with Crippen molar-refractivity contribution in [3.8, 4) is 0 Å². The van der Waals surface area contributed by atoms with Crippen LogP contribution in [0.4, 0.5) is 0 Å². The molecule has 82 valence electrons. The summed E-state index contributed by atoms with van der Waals surface area (Å²) in [6.07, 6.45) is 1.32. The number of Topliss-reactive ketones (excluding diaryl/α,β-unsaturated/α-hetero) is 1. The van der Waals surface area contributed by atoms with E-state index in [-0.39, 0.29) is 22.7 Å². The van der Waals surface area contributed by atoms with Gasteiger partial charge < -0.3 is 0 Å². The van der Waals surface area contributed by atoms with Gasteiger partial charge in [-0.2, -0.15) is 0 Å². The zero-order chi connectivity index (χ0) is 11.6. The summed E-state index contributed by atoms with van der Waals surface area (Å²) in [5, 5.41) is 0. The van der Waals surface area contributed by atoms with Crippen molar-refractivity contribution in [3.63, 3.8) is 0 Å². The minimum atomic E-state index is -0.572. The number of H-pyrrole nitrogens is 1. The topological polar surface area (TPSA) is 71.9 Å². The molecular formula is C9H11BrN2O3. The van der Waals surface area contributed by atoms with Crippen molar-refractivity contribution in [1.82, 2.24) is 9.55 Å². The summed E-state index contributed by atoms with van der Waals surface area (Å²) in [4.78, 5) is 35.8. The lowest BCUT2D eigenvalue weighted by Crippen LogP contribution is -2.32. The van der Waals surface area contributed by atoms with Gasteiger partial charge in [0.15, 0.2) is 5.78 Å². The smallest absolute Gasteiger partial charge is 0.297 e. The number of hydrogen-bond acceptors (Lipinski definition) is 3. The summed E-state index contributed by atoms with van der Waals surface area (Å²) in [5.41, 5.74) is -1.06. The molecule has 0 saturated heterocycles. The Morgan fingerprint density at radius 2 is 2.13 bits per heavy atom. The van der Waals surface area contributed by atoms with Crippen LogP contribution in [0.25, 0.3) is 0 Å². The molecule has 1 N–H and O–H groups in total. The Labute approximate surface area is 94.3 Å². The Bertz CT molecular complexity index is 487. The van der Waals surface area contributed by atoms with Gasteiger partial charge in [0.1, 0.15) is 0 Å². The van der Waals surface area contributed by atoms with E-state index >= 15 is 0 Å². The summed E-state index contributed by atoms with van der Waals surface area (Å²) in [6.45, 7) is 3.49. The second-order valence-electron chi connectivity index (χ2n) is 3.49. The molecule has 1 aromatic heterocycles. The predicted octanol–water partition coefficient (Wildman–Crippen LogP) is 0.524. The number of rotatable bonds is 3. The van der Waals surface area contributed by atoms with Gasteiger partial charge in [0.05, 0.1) is 11.0 Å². The van der Waals surface area contributed by atoms with Crippen LogP contribution in [0.15, 0.2) is 20.3 Å². The summed E-state index contributed by atoms with van der Waals surface area (Å²) >= 11 is 2.99. The van der Waals surface area contributed by atoms with Crippen LogP contribution in [-0.4, -0.2) is 15.3 Å². The van der Waals surface area contributed by atoms with Gasteiger partial charge in [-0.05, 0) is 15.9 Å². The maximum Gasteiger partial charge on any atom is 0.328 e. The van der Waals surface area contributed by atoms with Gasteiger partial charge in [-0.25, -0.2) is 4.79 Å². The van der Waals surface area contributed by atoms with Crippen molar-refractivity contribution in [1.29, 1.82) is 0 Å². The van der Waals surface area contributed by atoms with Gasteiger partial charge >= 0.3 is 5.69 Å². The predicted molar refractivity (Wildman–Crippen MR) is 58.9 cm³/mol. The highest BCUT2D eigenvalue weighted by molar-refractivity contribution is 9.10. The van der Waals surface area contributed by atoms with E-state index in [9.17, 15) is 14.4 Å². The van der Waals surface area contributed by atoms with Crippen LogP contribution in [0.2, 0.25) is 0 Å². The van der Waals surface area contributed by atoms with Crippen molar-refractivity contribution in [3.05, 3.63) is 31.5 Å². The quantitative estimate of drug-likeness (QED) is 0.874. The molecule has 0 fully saturated rings. The lowest BCUT2D eigenvalue weighted by atomic mass is 10.1. The van der Waals surface area contributed by atoms with Gasteiger partial charge in [0, 0.05) is 12.1 Å². The standard InChI is InChI=1S/C9H11BrN2O3/c1-5(2)7(13)4-12-3-6(10)8(14)11-9(12)15/h3,5H,4H2,1-2H3,(H,11,14,15). The molecule has 0 aliphatic heterocycles. The Balaban J connectivity index is 3.07. The van der Waals surface area contributed by atoms with E-state index in [2.05, 4.69) is 20.9 Å². The van der Waals surface area contributed by atoms with Gasteiger partial charge in [-0.3, -0.25) is 19.1 Å². The molecule has 0 saturated carbocycles. The second-order valence-corrected chi connectivity index (χ2v) is 4.34. The fraction of sp³-hybridized carbons (Fsp3) is 0.444.